The lowest BCUT2D eigenvalue weighted by Crippen LogP contribution is -2.13. The van der Waals surface area contributed by atoms with Gasteiger partial charge < -0.3 is 9.47 Å². The molecule has 0 aromatic heterocycles. The van der Waals surface area contributed by atoms with Gasteiger partial charge in [0, 0.05) is 5.02 Å². The van der Waals surface area contributed by atoms with Crippen LogP contribution in [0.4, 0.5) is 0 Å². The molecule has 0 heterocycles. The van der Waals surface area contributed by atoms with Crippen molar-refractivity contribution in [3.8, 4) is 16.9 Å². The summed E-state index contributed by atoms with van der Waals surface area (Å²) in [7, 11) is -2.73. The number of rotatable bonds is 7. The van der Waals surface area contributed by atoms with Crippen LogP contribution in [0.1, 0.15) is 22.8 Å². The highest BCUT2D eigenvalue weighted by molar-refractivity contribution is 7.90. The Labute approximate surface area is 191 Å². The fraction of sp³-hybridized carbons (Fsp3) is 0.174. The van der Waals surface area contributed by atoms with Crippen LogP contribution >= 0.6 is 23.2 Å². The van der Waals surface area contributed by atoms with Crippen LogP contribution in [-0.2, 0) is 20.3 Å². The Bertz CT molecular complexity index is 1210. The van der Waals surface area contributed by atoms with Gasteiger partial charge in [-0.3, -0.25) is 0 Å². The number of sulfone groups is 1. The third-order valence-electron chi connectivity index (χ3n) is 4.56. The highest BCUT2D eigenvalue weighted by Gasteiger charge is 2.26. The van der Waals surface area contributed by atoms with Gasteiger partial charge in [0.25, 0.3) is 0 Å². The van der Waals surface area contributed by atoms with E-state index in [1.54, 1.807) is 25.1 Å². The Morgan fingerprint density at radius 3 is 2.32 bits per heavy atom. The van der Waals surface area contributed by atoms with Crippen LogP contribution in [-0.4, -0.2) is 28.1 Å². The molecule has 162 valence electrons. The Balaban J connectivity index is 2.13. The highest BCUT2D eigenvalue weighted by Crippen LogP contribution is 2.37. The summed E-state index contributed by atoms with van der Waals surface area (Å²) >= 11 is 12.2. The van der Waals surface area contributed by atoms with E-state index < -0.39 is 21.6 Å². The second kappa shape index (κ2) is 9.73. The minimum Gasteiger partial charge on any atom is -0.491 e. The number of carbonyl (C=O) groups excluding carboxylic acids is 1. The molecular formula is C23H20Cl2O5S. The maximum atomic E-state index is 13.4. The zero-order valence-corrected chi connectivity index (χ0v) is 19.2. The number of esters is 1. The summed E-state index contributed by atoms with van der Waals surface area (Å²) in [4.78, 5) is 12.2. The molecule has 0 amide bonds. The molecule has 0 spiro atoms. The van der Waals surface area contributed by atoms with E-state index in [-0.39, 0.29) is 32.9 Å². The summed E-state index contributed by atoms with van der Waals surface area (Å²) in [6, 6.07) is 17.1. The van der Waals surface area contributed by atoms with Crippen LogP contribution in [0.2, 0.25) is 10.0 Å². The van der Waals surface area contributed by atoms with Crippen LogP contribution < -0.4 is 4.74 Å². The fourth-order valence-electron chi connectivity index (χ4n) is 3.17. The van der Waals surface area contributed by atoms with E-state index >= 15 is 0 Å². The summed E-state index contributed by atoms with van der Waals surface area (Å²) in [5, 5.41) is 0.261. The predicted octanol–water partition coefficient (Wildman–Crippen LogP) is 5.82. The molecule has 0 aliphatic heterocycles. The Kier molecular flexibility index (Phi) is 7.26. The first-order valence-electron chi connectivity index (χ1n) is 9.38. The molecule has 8 heteroatoms. The molecule has 0 aliphatic rings. The third kappa shape index (κ3) is 5.21. The monoisotopic (exact) mass is 478 g/mol. The standard InChI is InChI=1S/C23H20Cl2O5S/c1-3-30-22-20(25)12-18(24)13-21(22)31(27,28)14-17-11-16(15-7-5-4-6-8-15)9-10-19(17)23(26)29-2/h4-13H,3,14H2,1-2H3. The minimum atomic E-state index is -3.98. The molecule has 0 N–H and O–H groups in total. The molecule has 0 bridgehead atoms. The molecule has 5 nitrogen and oxygen atoms in total. The lowest BCUT2D eigenvalue weighted by molar-refractivity contribution is 0.0600. The molecule has 0 fully saturated rings. The van der Waals surface area contributed by atoms with Crippen molar-refractivity contribution in [1.29, 1.82) is 0 Å². The highest BCUT2D eigenvalue weighted by atomic mass is 35.5. The summed E-state index contributed by atoms with van der Waals surface area (Å²) in [6.07, 6.45) is 0. The van der Waals surface area contributed by atoms with Gasteiger partial charge in [-0.25, -0.2) is 13.2 Å². The first-order chi connectivity index (χ1) is 14.8. The van der Waals surface area contributed by atoms with Gasteiger partial charge in [-0.1, -0.05) is 59.6 Å². The second-order valence-electron chi connectivity index (χ2n) is 6.64. The van der Waals surface area contributed by atoms with Crippen molar-refractivity contribution < 1.29 is 22.7 Å². The van der Waals surface area contributed by atoms with Crippen LogP contribution in [0, 0.1) is 0 Å². The molecule has 0 aliphatic carbocycles. The van der Waals surface area contributed by atoms with E-state index in [9.17, 15) is 13.2 Å². The van der Waals surface area contributed by atoms with Crippen LogP contribution in [0.15, 0.2) is 65.6 Å². The molecule has 0 radical (unpaired) electrons. The number of hydrogen-bond donors (Lipinski definition) is 0. The average Bonchev–Trinajstić information content (AvgIpc) is 2.75. The lowest BCUT2D eigenvalue weighted by atomic mass is 10.00. The molecule has 3 aromatic carbocycles. The largest absolute Gasteiger partial charge is 0.491 e. The Morgan fingerprint density at radius 2 is 1.68 bits per heavy atom. The summed E-state index contributed by atoms with van der Waals surface area (Å²) in [6.45, 7) is 1.95. The van der Waals surface area contributed by atoms with Crippen molar-refractivity contribution in [2.24, 2.45) is 0 Å². The minimum absolute atomic E-state index is 0.0346. The zero-order chi connectivity index (χ0) is 22.6. The molecule has 0 unspecified atom stereocenters. The number of hydrogen-bond acceptors (Lipinski definition) is 5. The second-order valence-corrected chi connectivity index (χ2v) is 9.44. The third-order valence-corrected chi connectivity index (χ3v) is 6.72. The quantitative estimate of drug-likeness (QED) is 0.400. The molecule has 3 aromatic rings. The van der Waals surface area contributed by atoms with Gasteiger partial charge in [-0.2, -0.15) is 0 Å². The SMILES string of the molecule is CCOc1c(Cl)cc(Cl)cc1S(=O)(=O)Cc1cc(-c2ccccc2)ccc1C(=O)OC. The van der Waals surface area contributed by atoms with E-state index in [1.165, 1.54) is 19.2 Å². The Morgan fingerprint density at radius 1 is 0.968 bits per heavy atom. The maximum absolute atomic E-state index is 13.4. The van der Waals surface area contributed by atoms with Crippen LogP contribution in [0.25, 0.3) is 11.1 Å². The first kappa shape index (κ1) is 23.1. The molecule has 31 heavy (non-hydrogen) atoms. The number of halogens is 2. The molecule has 3 rings (SSSR count). The molecule has 0 atom stereocenters. The van der Waals surface area contributed by atoms with Crippen LogP contribution in [0.3, 0.4) is 0 Å². The average molecular weight is 479 g/mol. The van der Waals surface area contributed by atoms with Gasteiger partial charge >= 0.3 is 5.97 Å². The van der Waals surface area contributed by atoms with E-state index in [2.05, 4.69) is 0 Å². The number of methoxy groups -OCH3 is 1. The van der Waals surface area contributed by atoms with Crippen LogP contribution in [0.5, 0.6) is 5.75 Å². The first-order valence-corrected chi connectivity index (χ1v) is 11.8. The van der Waals surface area contributed by atoms with E-state index in [4.69, 9.17) is 32.7 Å². The number of benzene rings is 3. The topological polar surface area (TPSA) is 69.7 Å². The number of carbonyl (C=O) groups is 1. The van der Waals surface area contributed by atoms with Crippen molar-refractivity contribution >= 4 is 39.0 Å². The molecule has 0 saturated heterocycles. The smallest absolute Gasteiger partial charge is 0.338 e. The summed E-state index contributed by atoms with van der Waals surface area (Å²) < 4.78 is 37.0. The van der Waals surface area contributed by atoms with E-state index in [0.717, 1.165) is 11.1 Å². The van der Waals surface area contributed by atoms with Crippen molar-refractivity contribution in [2.45, 2.75) is 17.6 Å². The molecule has 0 saturated carbocycles. The number of ether oxygens (including phenoxy) is 2. The normalized spacial score (nSPS) is 11.2. The molecular weight excluding hydrogens is 459 g/mol. The van der Waals surface area contributed by atoms with Gasteiger partial charge in [0.2, 0.25) is 0 Å². The van der Waals surface area contributed by atoms with Gasteiger partial charge in [0.15, 0.2) is 15.6 Å². The summed E-state index contributed by atoms with van der Waals surface area (Å²) in [5.74, 6) is -1.05. The zero-order valence-electron chi connectivity index (χ0n) is 16.9. The van der Waals surface area contributed by atoms with Crippen molar-refractivity contribution in [2.75, 3.05) is 13.7 Å². The lowest BCUT2D eigenvalue weighted by Gasteiger charge is -2.15. The van der Waals surface area contributed by atoms with Gasteiger partial charge in [0.05, 0.1) is 30.1 Å². The van der Waals surface area contributed by atoms with E-state index in [0.29, 0.717) is 5.56 Å². The fourth-order valence-corrected chi connectivity index (χ4v) is 5.40. The van der Waals surface area contributed by atoms with Gasteiger partial charge in [0.1, 0.15) is 4.90 Å². The Hall–Kier alpha value is -2.54. The van der Waals surface area contributed by atoms with Crippen molar-refractivity contribution in [1.82, 2.24) is 0 Å². The van der Waals surface area contributed by atoms with E-state index in [1.807, 2.05) is 30.3 Å². The summed E-state index contributed by atoms with van der Waals surface area (Å²) in [5.41, 5.74) is 2.12. The van der Waals surface area contributed by atoms with Crippen molar-refractivity contribution in [3.63, 3.8) is 0 Å². The van der Waals surface area contributed by atoms with Gasteiger partial charge in [-0.15, -0.1) is 0 Å². The predicted molar refractivity (Wildman–Crippen MR) is 122 cm³/mol. The van der Waals surface area contributed by atoms with Crippen molar-refractivity contribution in [3.05, 3.63) is 81.8 Å². The maximum Gasteiger partial charge on any atom is 0.338 e. The van der Waals surface area contributed by atoms with Gasteiger partial charge in [-0.05, 0) is 47.9 Å².